The lowest BCUT2D eigenvalue weighted by molar-refractivity contribution is 0.420. The van der Waals surface area contributed by atoms with Crippen LogP contribution in [-0.2, 0) is 6.54 Å². The lowest BCUT2D eigenvalue weighted by Crippen LogP contribution is -2.33. The minimum atomic E-state index is 0.592. The van der Waals surface area contributed by atoms with Crippen molar-refractivity contribution >= 4 is 0 Å². The van der Waals surface area contributed by atoms with Gasteiger partial charge in [0.1, 0.15) is 0 Å². The van der Waals surface area contributed by atoms with Gasteiger partial charge in [-0.1, -0.05) is 20.3 Å². The highest BCUT2D eigenvalue weighted by atomic mass is 15.1. The molecule has 0 aliphatic rings. The molecule has 1 atom stereocenters. The van der Waals surface area contributed by atoms with Gasteiger partial charge in [0.15, 0.2) is 0 Å². The molecule has 0 saturated heterocycles. The number of hydrogen-bond donors (Lipinski definition) is 1. The molecular weight excluding hydrogens is 174 g/mol. The molecule has 0 aromatic carbocycles. The first-order valence-electron chi connectivity index (χ1n) is 5.56. The number of rotatable bonds is 7. The Labute approximate surface area is 86.5 Å². The molecule has 1 aromatic rings. The van der Waals surface area contributed by atoms with E-state index < -0.39 is 0 Å². The van der Waals surface area contributed by atoms with Gasteiger partial charge in [-0.15, -0.1) is 0 Å². The molecule has 0 spiro atoms. The Morgan fingerprint density at radius 2 is 2.21 bits per heavy atom. The molecule has 1 rings (SSSR count). The zero-order valence-electron chi connectivity index (χ0n) is 9.24. The quantitative estimate of drug-likeness (QED) is 0.721. The summed E-state index contributed by atoms with van der Waals surface area (Å²) in [6.45, 7) is 6.58. The monoisotopic (exact) mass is 195 g/mol. The number of nitrogens with one attached hydrogen (secondary N) is 1. The summed E-state index contributed by atoms with van der Waals surface area (Å²) in [7, 11) is 0. The molecule has 1 unspecified atom stereocenters. The van der Waals surface area contributed by atoms with Gasteiger partial charge in [-0.2, -0.15) is 0 Å². The van der Waals surface area contributed by atoms with Gasteiger partial charge in [0.05, 0.1) is 6.33 Å². The van der Waals surface area contributed by atoms with Crippen LogP contribution in [0.3, 0.4) is 0 Å². The smallest absolute Gasteiger partial charge is 0.0946 e. The molecule has 3 heteroatoms. The van der Waals surface area contributed by atoms with E-state index in [-0.39, 0.29) is 0 Å². The summed E-state index contributed by atoms with van der Waals surface area (Å²) in [6, 6.07) is 0.592. The molecule has 0 aliphatic heterocycles. The van der Waals surface area contributed by atoms with E-state index in [9.17, 15) is 0 Å². The number of nitrogens with zero attached hydrogens (tertiary/aromatic N) is 2. The highest BCUT2D eigenvalue weighted by Gasteiger charge is 2.06. The minimum absolute atomic E-state index is 0.592. The predicted molar refractivity (Wildman–Crippen MR) is 59.2 cm³/mol. The molecule has 1 aromatic heterocycles. The Kier molecular flexibility index (Phi) is 5.30. The van der Waals surface area contributed by atoms with Crippen molar-refractivity contribution in [3.8, 4) is 0 Å². The van der Waals surface area contributed by atoms with Crippen LogP contribution in [0.4, 0.5) is 0 Å². The van der Waals surface area contributed by atoms with Crippen LogP contribution >= 0.6 is 0 Å². The van der Waals surface area contributed by atoms with Gasteiger partial charge >= 0.3 is 0 Å². The molecule has 0 radical (unpaired) electrons. The molecule has 0 aliphatic carbocycles. The molecular formula is C11H21N3. The van der Waals surface area contributed by atoms with Gasteiger partial charge < -0.3 is 9.88 Å². The Morgan fingerprint density at radius 3 is 2.79 bits per heavy atom. The molecule has 1 N–H and O–H groups in total. The van der Waals surface area contributed by atoms with Crippen LogP contribution in [0.2, 0.25) is 0 Å². The Balaban J connectivity index is 2.34. The SMILES string of the molecule is CCCNC(CCC)Cn1ccnc1. The lowest BCUT2D eigenvalue weighted by atomic mass is 10.1. The van der Waals surface area contributed by atoms with Crippen LogP contribution in [0.1, 0.15) is 33.1 Å². The minimum Gasteiger partial charge on any atom is -0.336 e. The van der Waals surface area contributed by atoms with E-state index in [1.807, 2.05) is 18.7 Å². The van der Waals surface area contributed by atoms with Crippen LogP contribution in [0.5, 0.6) is 0 Å². The highest BCUT2D eigenvalue weighted by Crippen LogP contribution is 2.00. The van der Waals surface area contributed by atoms with E-state index in [1.165, 1.54) is 19.3 Å². The Bertz CT molecular complexity index is 218. The first kappa shape index (κ1) is 11.2. The summed E-state index contributed by atoms with van der Waals surface area (Å²) >= 11 is 0. The Morgan fingerprint density at radius 1 is 1.36 bits per heavy atom. The maximum atomic E-state index is 4.05. The third-order valence-corrected chi connectivity index (χ3v) is 2.31. The van der Waals surface area contributed by atoms with Crippen molar-refractivity contribution in [3.63, 3.8) is 0 Å². The number of imidazole rings is 1. The lowest BCUT2D eigenvalue weighted by Gasteiger charge is -2.18. The largest absolute Gasteiger partial charge is 0.336 e. The Hall–Kier alpha value is -0.830. The average Bonchev–Trinajstić information content (AvgIpc) is 2.67. The van der Waals surface area contributed by atoms with E-state index in [1.54, 1.807) is 0 Å². The fourth-order valence-electron chi connectivity index (χ4n) is 1.60. The van der Waals surface area contributed by atoms with Gasteiger partial charge in [-0.25, -0.2) is 4.98 Å². The van der Waals surface area contributed by atoms with Crippen LogP contribution in [0, 0.1) is 0 Å². The van der Waals surface area contributed by atoms with Crippen molar-refractivity contribution in [1.82, 2.24) is 14.9 Å². The summed E-state index contributed by atoms with van der Waals surface area (Å²) in [5.74, 6) is 0. The number of aromatic nitrogens is 2. The van der Waals surface area contributed by atoms with E-state index in [0.717, 1.165) is 13.1 Å². The molecule has 0 saturated carbocycles. The van der Waals surface area contributed by atoms with Crippen molar-refractivity contribution < 1.29 is 0 Å². The topological polar surface area (TPSA) is 29.9 Å². The van der Waals surface area contributed by atoms with Gasteiger partial charge in [0.25, 0.3) is 0 Å². The van der Waals surface area contributed by atoms with E-state index >= 15 is 0 Å². The third-order valence-electron chi connectivity index (χ3n) is 2.31. The summed E-state index contributed by atoms with van der Waals surface area (Å²) in [5.41, 5.74) is 0. The highest BCUT2D eigenvalue weighted by molar-refractivity contribution is 4.77. The molecule has 14 heavy (non-hydrogen) atoms. The van der Waals surface area contributed by atoms with Crippen molar-refractivity contribution in [3.05, 3.63) is 18.7 Å². The molecule has 0 fully saturated rings. The molecule has 3 nitrogen and oxygen atoms in total. The van der Waals surface area contributed by atoms with Gasteiger partial charge in [0, 0.05) is 25.0 Å². The van der Waals surface area contributed by atoms with Crippen LogP contribution in [0.15, 0.2) is 18.7 Å². The normalized spacial score (nSPS) is 13.0. The van der Waals surface area contributed by atoms with Crippen LogP contribution < -0.4 is 5.32 Å². The molecule has 0 bridgehead atoms. The molecule has 0 amide bonds. The second-order valence-electron chi connectivity index (χ2n) is 3.70. The number of hydrogen-bond acceptors (Lipinski definition) is 2. The second kappa shape index (κ2) is 6.60. The predicted octanol–water partition coefficient (Wildman–Crippen LogP) is 2.05. The summed E-state index contributed by atoms with van der Waals surface area (Å²) in [5, 5.41) is 3.56. The van der Waals surface area contributed by atoms with E-state index in [0.29, 0.717) is 6.04 Å². The van der Waals surface area contributed by atoms with Gasteiger partial charge in [-0.05, 0) is 19.4 Å². The van der Waals surface area contributed by atoms with Gasteiger partial charge in [-0.3, -0.25) is 0 Å². The third kappa shape index (κ3) is 3.92. The maximum absolute atomic E-state index is 4.05. The maximum Gasteiger partial charge on any atom is 0.0946 e. The first-order chi connectivity index (χ1) is 6.86. The van der Waals surface area contributed by atoms with Gasteiger partial charge in [0.2, 0.25) is 0 Å². The average molecular weight is 195 g/mol. The second-order valence-corrected chi connectivity index (χ2v) is 3.70. The summed E-state index contributed by atoms with van der Waals surface area (Å²) in [4.78, 5) is 4.05. The first-order valence-corrected chi connectivity index (χ1v) is 5.56. The fourth-order valence-corrected chi connectivity index (χ4v) is 1.60. The van der Waals surface area contributed by atoms with E-state index in [4.69, 9.17) is 0 Å². The summed E-state index contributed by atoms with van der Waals surface area (Å²) in [6.07, 6.45) is 9.41. The van der Waals surface area contributed by atoms with E-state index in [2.05, 4.69) is 28.7 Å². The molecule has 80 valence electrons. The van der Waals surface area contributed by atoms with Crippen molar-refractivity contribution in [2.24, 2.45) is 0 Å². The fraction of sp³-hybridized carbons (Fsp3) is 0.727. The molecule has 1 heterocycles. The summed E-state index contributed by atoms with van der Waals surface area (Å²) < 4.78 is 2.14. The van der Waals surface area contributed by atoms with Crippen molar-refractivity contribution in [2.45, 2.75) is 45.7 Å². The standard InChI is InChI=1S/C11H21N3/c1-3-5-11(13-6-4-2)9-14-8-7-12-10-14/h7-8,10-11,13H,3-6,9H2,1-2H3. The van der Waals surface area contributed by atoms with Crippen LogP contribution in [-0.4, -0.2) is 22.1 Å². The van der Waals surface area contributed by atoms with Crippen molar-refractivity contribution in [1.29, 1.82) is 0 Å². The van der Waals surface area contributed by atoms with Crippen LogP contribution in [0.25, 0.3) is 0 Å². The zero-order valence-corrected chi connectivity index (χ0v) is 9.24. The zero-order chi connectivity index (χ0) is 10.2. The van der Waals surface area contributed by atoms with Crippen molar-refractivity contribution in [2.75, 3.05) is 6.54 Å².